The molecule has 0 radical (unpaired) electrons. The number of thiophene rings is 1. The first kappa shape index (κ1) is 21.3. The summed E-state index contributed by atoms with van der Waals surface area (Å²) in [6.07, 6.45) is 16.3. The zero-order valence-corrected chi connectivity index (χ0v) is 21.1. The summed E-state index contributed by atoms with van der Waals surface area (Å²) < 4.78 is 6.10. The Morgan fingerprint density at radius 1 is 1.05 bits per heavy atom. The Labute approximate surface area is 217 Å². The average Bonchev–Trinajstić information content (AvgIpc) is 3.64. The van der Waals surface area contributed by atoms with Crippen LogP contribution >= 0.6 is 11.3 Å². The fraction of sp³-hybridized carbons (Fsp3) is 0.286. The van der Waals surface area contributed by atoms with Crippen molar-refractivity contribution in [2.24, 2.45) is 11.3 Å². The minimum Gasteiger partial charge on any atom is -0.314 e. The molecular formula is C28H26N8S. The van der Waals surface area contributed by atoms with Gasteiger partial charge in [0.25, 0.3) is 0 Å². The molecule has 9 heteroatoms. The van der Waals surface area contributed by atoms with E-state index in [1.807, 2.05) is 23.3 Å². The smallest absolute Gasteiger partial charge is 0.137 e. The Morgan fingerprint density at radius 3 is 2.89 bits per heavy atom. The van der Waals surface area contributed by atoms with E-state index in [1.165, 1.54) is 35.7 Å². The lowest BCUT2D eigenvalue weighted by molar-refractivity contribution is -0.103. The molecule has 0 aliphatic heterocycles. The molecule has 3 fully saturated rings. The Hall–Kier alpha value is -3.82. The first-order valence-corrected chi connectivity index (χ1v) is 13.7. The van der Waals surface area contributed by atoms with E-state index in [2.05, 4.69) is 83.2 Å². The average molecular weight is 507 g/mol. The van der Waals surface area contributed by atoms with Gasteiger partial charge in [0.2, 0.25) is 0 Å². The second kappa shape index (κ2) is 8.09. The summed E-state index contributed by atoms with van der Waals surface area (Å²) in [4.78, 5) is 9.26. The highest BCUT2D eigenvalue weighted by Gasteiger charge is 2.55. The fourth-order valence-corrected chi connectivity index (χ4v) is 6.86. The van der Waals surface area contributed by atoms with Crippen LogP contribution in [0, 0.1) is 11.3 Å². The highest BCUT2D eigenvalue weighted by Crippen LogP contribution is 2.63. The largest absolute Gasteiger partial charge is 0.314 e. The molecule has 0 aromatic carbocycles. The highest BCUT2D eigenvalue weighted by atomic mass is 32.1. The zero-order valence-electron chi connectivity index (χ0n) is 20.3. The zero-order chi connectivity index (χ0) is 24.4. The maximum Gasteiger partial charge on any atom is 0.137 e. The molecule has 6 heterocycles. The predicted molar refractivity (Wildman–Crippen MR) is 144 cm³/mol. The Morgan fingerprint density at radius 2 is 2.00 bits per heavy atom. The molecule has 184 valence electrons. The molecule has 1 N–H and O–H groups in total. The van der Waals surface area contributed by atoms with Gasteiger partial charge in [-0.3, -0.25) is 4.98 Å². The number of fused-ring (bicyclic) bond motifs is 2. The third-order valence-corrected chi connectivity index (χ3v) is 8.80. The second-order valence-corrected chi connectivity index (χ2v) is 11.5. The lowest BCUT2D eigenvalue weighted by Crippen LogP contribution is -2.56. The van der Waals surface area contributed by atoms with Crippen molar-refractivity contribution in [3.63, 3.8) is 0 Å². The van der Waals surface area contributed by atoms with E-state index in [4.69, 9.17) is 4.98 Å². The minimum atomic E-state index is 0.562. The van der Waals surface area contributed by atoms with Gasteiger partial charge >= 0.3 is 0 Å². The summed E-state index contributed by atoms with van der Waals surface area (Å²) in [6, 6.07) is 8.49. The summed E-state index contributed by atoms with van der Waals surface area (Å²) in [5, 5.41) is 18.0. The molecule has 9 rings (SSSR count). The number of rotatable bonds is 8. The van der Waals surface area contributed by atoms with Crippen LogP contribution < -0.4 is 5.32 Å². The van der Waals surface area contributed by atoms with Crippen LogP contribution in [0.3, 0.4) is 0 Å². The monoisotopic (exact) mass is 506 g/mol. The van der Waals surface area contributed by atoms with E-state index in [0.29, 0.717) is 12.0 Å². The molecule has 3 aliphatic carbocycles. The third kappa shape index (κ3) is 3.69. The number of hydrogen-bond acceptors (Lipinski definition) is 6. The van der Waals surface area contributed by atoms with Crippen LogP contribution in [0.25, 0.3) is 33.5 Å². The first-order valence-electron chi connectivity index (χ1n) is 12.8. The number of nitrogens with one attached hydrogen (secondary N) is 1. The van der Waals surface area contributed by atoms with Crippen molar-refractivity contribution < 1.29 is 0 Å². The van der Waals surface area contributed by atoms with Crippen LogP contribution in [0.4, 0.5) is 0 Å². The van der Waals surface area contributed by atoms with Crippen molar-refractivity contribution in [2.75, 3.05) is 6.54 Å². The summed E-state index contributed by atoms with van der Waals surface area (Å²) in [5.74, 6) is 1.03. The van der Waals surface area contributed by atoms with Crippen LogP contribution in [0.1, 0.15) is 30.5 Å². The topological polar surface area (TPSA) is 77.9 Å². The van der Waals surface area contributed by atoms with Crippen molar-refractivity contribution in [1.29, 1.82) is 0 Å². The van der Waals surface area contributed by atoms with Gasteiger partial charge in [0.05, 0.1) is 35.8 Å². The normalized spacial score (nSPS) is 20.4. The van der Waals surface area contributed by atoms with E-state index in [9.17, 15) is 0 Å². The Balaban J connectivity index is 0.976. The molecule has 0 atom stereocenters. The summed E-state index contributed by atoms with van der Waals surface area (Å²) in [5.41, 5.74) is 7.74. The number of imidazole rings is 1. The van der Waals surface area contributed by atoms with Gasteiger partial charge < -0.3 is 14.3 Å². The van der Waals surface area contributed by atoms with Crippen molar-refractivity contribution in [1.82, 2.24) is 39.2 Å². The van der Waals surface area contributed by atoms with Crippen molar-refractivity contribution in [3.05, 3.63) is 83.5 Å². The molecular weight excluding hydrogens is 480 g/mol. The molecule has 8 nitrogen and oxygen atoms in total. The van der Waals surface area contributed by atoms with Gasteiger partial charge in [0, 0.05) is 59.6 Å². The van der Waals surface area contributed by atoms with Gasteiger partial charge in [0.1, 0.15) is 11.3 Å². The highest BCUT2D eigenvalue weighted by molar-refractivity contribution is 7.09. The fourth-order valence-electron chi connectivity index (χ4n) is 6.07. The number of nitrogens with zero attached hydrogens (tertiary/aromatic N) is 7. The van der Waals surface area contributed by atoms with Gasteiger partial charge in [-0.15, -0.1) is 16.4 Å². The summed E-state index contributed by atoms with van der Waals surface area (Å²) in [7, 11) is 0. The second-order valence-electron chi connectivity index (χ2n) is 10.7. The van der Waals surface area contributed by atoms with Gasteiger partial charge in [-0.05, 0) is 54.4 Å². The predicted octanol–water partition coefficient (Wildman–Crippen LogP) is 4.93. The molecule has 0 amide bonds. The number of pyridine rings is 2. The van der Waals surface area contributed by atoms with Gasteiger partial charge in [-0.25, -0.2) is 9.67 Å². The third-order valence-electron chi connectivity index (χ3n) is 8.05. The van der Waals surface area contributed by atoms with Crippen LogP contribution in [0.5, 0.6) is 0 Å². The standard InChI is InChI=1S/C28H26N8S/c1-2-27-31-23(13-34(27)12-19(1)9-30-18-28-6-20(7-28)8-28)14-35-15-25(32-33-35)22-5-24(11-29-10-22)36-4-3-21-16-37-17-26(21)36/h1-5,10-13,15-17,20,30H,6-9,14,18H2. The molecule has 37 heavy (non-hydrogen) atoms. The van der Waals surface area contributed by atoms with Crippen molar-refractivity contribution in [2.45, 2.75) is 32.4 Å². The molecule has 0 spiro atoms. The number of hydrogen-bond donors (Lipinski definition) is 1. The minimum absolute atomic E-state index is 0.562. The Bertz CT molecular complexity index is 1740. The SMILES string of the molecule is c1cc2nc(Cn3cc(-c4cncc(-n5ccc6cscc65)c4)nn3)cn2cc1CNCC12CC(C1)C2. The summed E-state index contributed by atoms with van der Waals surface area (Å²) in [6.45, 7) is 2.61. The molecule has 0 unspecified atom stereocenters. The molecule has 0 saturated heterocycles. The van der Waals surface area contributed by atoms with Crippen LogP contribution in [-0.2, 0) is 13.1 Å². The van der Waals surface area contributed by atoms with Gasteiger partial charge in [-0.2, -0.15) is 0 Å². The van der Waals surface area contributed by atoms with Crippen LogP contribution in [0.15, 0.2) is 72.2 Å². The van der Waals surface area contributed by atoms with Crippen LogP contribution in [-0.4, -0.2) is 40.5 Å². The van der Waals surface area contributed by atoms with Crippen molar-refractivity contribution in [3.8, 4) is 16.9 Å². The van der Waals surface area contributed by atoms with E-state index in [1.54, 1.807) is 11.3 Å². The first-order chi connectivity index (χ1) is 18.2. The number of aromatic nitrogens is 7. The van der Waals surface area contributed by atoms with E-state index < -0.39 is 0 Å². The molecule has 6 aromatic rings. The van der Waals surface area contributed by atoms with Crippen LogP contribution in [0.2, 0.25) is 0 Å². The van der Waals surface area contributed by atoms with E-state index in [0.717, 1.165) is 47.3 Å². The molecule has 3 saturated carbocycles. The van der Waals surface area contributed by atoms with Gasteiger partial charge in [0.15, 0.2) is 0 Å². The molecule has 2 bridgehead atoms. The maximum atomic E-state index is 4.79. The maximum absolute atomic E-state index is 4.79. The van der Waals surface area contributed by atoms with Crippen molar-refractivity contribution >= 4 is 27.9 Å². The molecule has 6 aromatic heterocycles. The quantitative estimate of drug-likeness (QED) is 0.317. The lowest BCUT2D eigenvalue weighted by Gasteiger charge is -2.62. The van der Waals surface area contributed by atoms with Gasteiger partial charge in [-0.1, -0.05) is 11.3 Å². The van der Waals surface area contributed by atoms with E-state index in [-0.39, 0.29) is 0 Å². The summed E-state index contributed by atoms with van der Waals surface area (Å²) >= 11 is 1.71. The molecule has 3 aliphatic rings. The Kier molecular flexibility index (Phi) is 4.65. The van der Waals surface area contributed by atoms with E-state index >= 15 is 0 Å². The lowest BCUT2D eigenvalue weighted by atomic mass is 9.44.